The van der Waals surface area contributed by atoms with E-state index in [1.54, 1.807) is 20.2 Å². The first-order valence-corrected chi connectivity index (χ1v) is 1.96. The Labute approximate surface area is 42.7 Å². The number of nitrogens with zero attached hydrogens (tertiary/aromatic N) is 2. The molecule has 0 aromatic rings. The van der Waals surface area contributed by atoms with E-state index in [0.29, 0.717) is 0 Å². The third-order valence-corrected chi connectivity index (χ3v) is 0.319. The van der Waals surface area contributed by atoms with Gasteiger partial charge in [-0.1, -0.05) is 5.16 Å². The second-order valence-electron chi connectivity index (χ2n) is 0.833. The molecular formula is C4H8N2O. The van der Waals surface area contributed by atoms with Crippen molar-refractivity contribution in [2.45, 2.75) is 6.92 Å². The van der Waals surface area contributed by atoms with Gasteiger partial charge in [-0.05, 0) is 6.92 Å². The Hall–Kier alpha value is -0.860. The molecule has 0 aliphatic carbocycles. The molecule has 0 aliphatic rings. The summed E-state index contributed by atoms with van der Waals surface area (Å²) in [6.45, 7) is 1.77. The zero-order chi connectivity index (χ0) is 5.54. The highest BCUT2D eigenvalue weighted by molar-refractivity contribution is 5.54. The molecule has 3 nitrogen and oxygen atoms in total. The molecule has 0 saturated heterocycles. The van der Waals surface area contributed by atoms with Crippen LogP contribution in [0.3, 0.4) is 0 Å². The Bertz CT molecular complexity index is 67.8. The van der Waals surface area contributed by atoms with Crippen LogP contribution in [0.2, 0.25) is 0 Å². The number of hydrogen-bond donors (Lipinski definition) is 0. The van der Waals surface area contributed by atoms with E-state index < -0.39 is 0 Å². The van der Waals surface area contributed by atoms with Gasteiger partial charge in [-0.15, -0.1) is 0 Å². The smallest absolute Gasteiger partial charge is 0.207 e. The Balaban J connectivity index is 2.98. The van der Waals surface area contributed by atoms with Crippen molar-refractivity contribution in [3.8, 4) is 0 Å². The Morgan fingerprint density at radius 1 is 1.57 bits per heavy atom. The maximum atomic E-state index is 4.41. The Kier molecular flexibility index (Phi) is 4.51. The van der Waals surface area contributed by atoms with E-state index in [2.05, 4.69) is 15.0 Å². The fourth-order valence-electron chi connectivity index (χ4n) is 0.135. The largest absolute Gasteiger partial charge is 0.345 e. The van der Waals surface area contributed by atoms with E-state index in [9.17, 15) is 0 Å². The lowest BCUT2D eigenvalue weighted by molar-refractivity contribution is 0.346. The zero-order valence-electron chi connectivity index (χ0n) is 4.46. The van der Waals surface area contributed by atoms with Crippen LogP contribution in [0.4, 0.5) is 0 Å². The van der Waals surface area contributed by atoms with Crippen LogP contribution in [0.15, 0.2) is 10.1 Å². The summed E-state index contributed by atoms with van der Waals surface area (Å²) in [5.41, 5.74) is 0. The lowest BCUT2D eigenvalue weighted by atomic mass is 10.9. The molecule has 0 unspecified atom stereocenters. The summed E-state index contributed by atoms with van der Waals surface area (Å²) in [7, 11) is 1.62. The predicted molar refractivity (Wildman–Crippen MR) is 29.7 cm³/mol. The molecule has 0 fully saturated rings. The highest BCUT2D eigenvalue weighted by atomic mass is 16.6. The monoisotopic (exact) mass is 100 g/mol. The minimum Gasteiger partial charge on any atom is -0.345 e. The van der Waals surface area contributed by atoms with Crippen LogP contribution in [-0.2, 0) is 4.84 Å². The third kappa shape index (κ3) is 5.14. The van der Waals surface area contributed by atoms with Crippen molar-refractivity contribution in [3.63, 3.8) is 0 Å². The molecule has 0 rings (SSSR count). The highest BCUT2D eigenvalue weighted by Crippen LogP contribution is 1.63. The topological polar surface area (TPSA) is 34.0 Å². The molecule has 0 aromatic heterocycles. The van der Waals surface area contributed by atoms with Gasteiger partial charge < -0.3 is 4.84 Å². The molecule has 0 aliphatic heterocycles. The maximum Gasteiger partial charge on any atom is 0.207 e. The van der Waals surface area contributed by atoms with Crippen molar-refractivity contribution in [1.82, 2.24) is 0 Å². The van der Waals surface area contributed by atoms with Gasteiger partial charge in [0.15, 0.2) is 0 Å². The van der Waals surface area contributed by atoms with Gasteiger partial charge in [0, 0.05) is 13.3 Å². The van der Waals surface area contributed by atoms with Crippen molar-refractivity contribution in [2.75, 3.05) is 7.05 Å². The summed E-state index contributed by atoms with van der Waals surface area (Å²) >= 11 is 0. The molecule has 7 heavy (non-hydrogen) atoms. The summed E-state index contributed by atoms with van der Waals surface area (Å²) in [5.74, 6) is 0. The second kappa shape index (κ2) is 5.14. The van der Waals surface area contributed by atoms with E-state index >= 15 is 0 Å². The fourth-order valence-corrected chi connectivity index (χ4v) is 0.135. The summed E-state index contributed by atoms with van der Waals surface area (Å²) in [6.07, 6.45) is 2.81. The first-order chi connectivity index (χ1) is 3.41. The van der Waals surface area contributed by atoms with Crippen molar-refractivity contribution >= 4 is 12.6 Å². The summed E-state index contributed by atoms with van der Waals surface area (Å²) in [5, 5.41) is 3.39. The summed E-state index contributed by atoms with van der Waals surface area (Å²) in [4.78, 5) is 7.92. The lowest BCUT2D eigenvalue weighted by Gasteiger charge is -1.79. The molecule has 0 atom stereocenters. The average Bonchev–Trinajstić information content (AvgIpc) is 1.69. The van der Waals surface area contributed by atoms with Gasteiger partial charge in [0.2, 0.25) is 6.40 Å². The summed E-state index contributed by atoms with van der Waals surface area (Å²) < 4.78 is 0. The van der Waals surface area contributed by atoms with Crippen LogP contribution < -0.4 is 0 Å². The molecule has 0 spiro atoms. The standard InChI is InChI=1S/C4H8N2O/c1-3-6-7-4-5-2/h3-4H,1-2H3/b5-4?,6-3-. The summed E-state index contributed by atoms with van der Waals surface area (Å²) in [6, 6.07) is 0. The van der Waals surface area contributed by atoms with Crippen LogP contribution in [-0.4, -0.2) is 19.7 Å². The van der Waals surface area contributed by atoms with E-state index in [4.69, 9.17) is 0 Å². The van der Waals surface area contributed by atoms with E-state index in [-0.39, 0.29) is 0 Å². The molecular weight excluding hydrogens is 92.1 g/mol. The normalized spacial score (nSPS) is 11.1. The zero-order valence-corrected chi connectivity index (χ0v) is 4.46. The van der Waals surface area contributed by atoms with Crippen LogP contribution in [0.1, 0.15) is 6.92 Å². The molecule has 0 heterocycles. The van der Waals surface area contributed by atoms with Crippen LogP contribution >= 0.6 is 0 Å². The third-order valence-electron chi connectivity index (χ3n) is 0.319. The Morgan fingerprint density at radius 3 is 2.71 bits per heavy atom. The lowest BCUT2D eigenvalue weighted by Crippen LogP contribution is -1.73. The maximum absolute atomic E-state index is 4.41. The van der Waals surface area contributed by atoms with Crippen molar-refractivity contribution in [1.29, 1.82) is 0 Å². The minimum absolute atomic E-state index is 1.26. The molecule has 0 aromatic carbocycles. The minimum atomic E-state index is 1.26. The van der Waals surface area contributed by atoms with Gasteiger partial charge in [0.25, 0.3) is 0 Å². The van der Waals surface area contributed by atoms with Crippen molar-refractivity contribution in [2.24, 2.45) is 10.1 Å². The number of rotatable bonds is 2. The first kappa shape index (κ1) is 6.14. The molecule has 0 bridgehead atoms. The van der Waals surface area contributed by atoms with Gasteiger partial charge in [-0.3, -0.25) is 4.99 Å². The molecule has 40 valence electrons. The average molecular weight is 100 g/mol. The van der Waals surface area contributed by atoms with Gasteiger partial charge >= 0.3 is 0 Å². The first-order valence-electron chi connectivity index (χ1n) is 1.96. The fraction of sp³-hybridized carbons (Fsp3) is 0.500. The SMILES string of the molecule is C/C=N\OC=NC. The van der Waals surface area contributed by atoms with Gasteiger partial charge in [-0.25, -0.2) is 0 Å². The van der Waals surface area contributed by atoms with Crippen molar-refractivity contribution < 1.29 is 4.84 Å². The molecule has 3 heteroatoms. The number of hydrogen-bond acceptors (Lipinski definition) is 3. The van der Waals surface area contributed by atoms with Crippen LogP contribution in [0.25, 0.3) is 0 Å². The van der Waals surface area contributed by atoms with Crippen LogP contribution in [0.5, 0.6) is 0 Å². The van der Waals surface area contributed by atoms with Crippen LogP contribution in [0, 0.1) is 0 Å². The van der Waals surface area contributed by atoms with Gasteiger partial charge in [0.05, 0.1) is 0 Å². The Morgan fingerprint density at radius 2 is 2.29 bits per heavy atom. The number of aliphatic imine (C=N–C) groups is 1. The van der Waals surface area contributed by atoms with E-state index in [1.807, 2.05) is 0 Å². The van der Waals surface area contributed by atoms with E-state index in [0.717, 1.165) is 0 Å². The van der Waals surface area contributed by atoms with Gasteiger partial charge in [-0.2, -0.15) is 0 Å². The number of oxime groups is 1. The predicted octanol–water partition coefficient (Wildman–Crippen LogP) is 0.667. The van der Waals surface area contributed by atoms with Crippen molar-refractivity contribution in [3.05, 3.63) is 0 Å². The molecule has 0 radical (unpaired) electrons. The molecule has 0 amide bonds. The van der Waals surface area contributed by atoms with E-state index in [1.165, 1.54) is 6.40 Å². The highest BCUT2D eigenvalue weighted by Gasteiger charge is 1.59. The van der Waals surface area contributed by atoms with Gasteiger partial charge in [0.1, 0.15) is 0 Å². The molecule has 0 N–H and O–H groups in total. The second-order valence-corrected chi connectivity index (χ2v) is 0.833. The quantitative estimate of drug-likeness (QED) is 0.285. The molecule has 0 saturated carbocycles.